The van der Waals surface area contributed by atoms with Crippen molar-refractivity contribution < 1.29 is 9.90 Å². The van der Waals surface area contributed by atoms with Crippen LogP contribution in [-0.4, -0.2) is 30.4 Å². The molecular formula is C26H38N2O2. The van der Waals surface area contributed by atoms with E-state index in [1.165, 1.54) is 11.6 Å². The number of hydrogen-bond donors (Lipinski definition) is 3. The van der Waals surface area contributed by atoms with Crippen molar-refractivity contribution in [3.63, 3.8) is 0 Å². The molecule has 0 fully saturated rings. The van der Waals surface area contributed by atoms with Gasteiger partial charge in [-0.3, -0.25) is 4.79 Å². The van der Waals surface area contributed by atoms with Gasteiger partial charge in [0.15, 0.2) is 0 Å². The molecule has 2 aromatic carbocycles. The highest BCUT2D eigenvalue weighted by Gasteiger charge is 2.11. The van der Waals surface area contributed by atoms with Crippen molar-refractivity contribution in [2.45, 2.75) is 59.4 Å². The first-order valence-electron chi connectivity index (χ1n) is 10.6. The van der Waals surface area contributed by atoms with Crippen LogP contribution < -0.4 is 5.32 Å². The number of rotatable bonds is 8. The van der Waals surface area contributed by atoms with Crippen LogP contribution >= 0.6 is 0 Å². The second-order valence-electron chi connectivity index (χ2n) is 6.82. The van der Waals surface area contributed by atoms with E-state index in [1.807, 2.05) is 49.4 Å². The van der Waals surface area contributed by atoms with Crippen molar-refractivity contribution in [1.29, 1.82) is 5.41 Å². The zero-order chi connectivity index (χ0) is 22.8. The maximum atomic E-state index is 12.2. The highest BCUT2D eigenvalue weighted by atomic mass is 16.2. The first kappa shape index (κ1) is 27.3. The summed E-state index contributed by atoms with van der Waals surface area (Å²) in [5, 5.41) is 19.1. The molecule has 0 spiro atoms. The van der Waals surface area contributed by atoms with Crippen LogP contribution in [0.5, 0.6) is 0 Å². The Labute approximate surface area is 182 Å². The SMILES string of the molecule is CC/C=C/C(C)=C\C=N.CCCC(CC)NC(=O)c1ccc2ccccc2c1.CO. The van der Waals surface area contributed by atoms with Crippen molar-refractivity contribution in [3.8, 4) is 0 Å². The number of amides is 1. The minimum atomic E-state index is 0.0334. The third kappa shape index (κ3) is 10.7. The van der Waals surface area contributed by atoms with Crippen LogP contribution in [0.3, 0.4) is 0 Å². The Morgan fingerprint density at radius 2 is 1.77 bits per heavy atom. The Hall–Kier alpha value is -2.72. The van der Waals surface area contributed by atoms with Crippen molar-refractivity contribution in [3.05, 3.63) is 71.8 Å². The molecule has 3 N–H and O–H groups in total. The molecule has 1 unspecified atom stereocenters. The lowest BCUT2D eigenvalue weighted by Gasteiger charge is -2.16. The van der Waals surface area contributed by atoms with Crippen molar-refractivity contribution >= 4 is 22.9 Å². The van der Waals surface area contributed by atoms with E-state index in [0.29, 0.717) is 0 Å². The van der Waals surface area contributed by atoms with Gasteiger partial charge >= 0.3 is 0 Å². The molecule has 0 bridgehead atoms. The quantitative estimate of drug-likeness (QED) is 0.353. The zero-order valence-electron chi connectivity index (χ0n) is 19.1. The number of carbonyl (C=O) groups is 1. The van der Waals surface area contributed by atoms with Crippen LogP contribution in [0, 0.1) is 5.41 Å². The minimum absolute atomic E-state index is 0.0334. The molecule has 4 heteroatoms. The monoisotopic (exact) mass is 410 g/mol. The molecule has 2 aromatic rings. The van der Waals surface area contributed by atoms with Gasteiger partial charge in [-0.1, -0.05) is 69.7 Å². The van der Waals surface area contributed by atoms with Gasteiger partial charge in [-0.15, -0.1) is 0 Å². The molecule has 1 amide bonds. The molecular weight excluding hydrogens is 372 g/mol. The molecule has 0 radical (unpaired) electrons. The summed E-state index contributed by atoms with van der Waals surface area (Å²) in [5.41, 5.74) is 1.88. The summed E-state index contributed by atoms with van der Waals surface area (Å²) < 4.78 is 0. The fourth-order valence-electron chi connectivity index (χ4n) is 2.82. The number of aliphatic hydroxyl groups excluding tert-OH is 1. The molecule has 0 heterocycles. The number of hydrogen-bond acceptors (Lipinski definition) is 3. The third-order valence-electron chi connectivity index (χ3n) is 4.44. The number of fused-ring (bicyclic) bond motifs is 1. The second-order valence-corrected chi connectivity index (χ2v) is 6.82. The molecule has 0 aliphatic heterocycles. The van der Waals surface area contributed by atoms with Gasteiger partial charge in [0.05, 0.1) is 0 Å². The molecule has 0 saturated heterocycles. The molecule has 0 aliphatic rings. The Balaban J connectivity index is 0.000000648. The van der Waals surface area contributed by atoms with Gasteiger partial charge in [-0.2, -0.15) is 0 Å². The van der Waals surface area contributed by atoms with E-state index >= 15 is 0 Å². The lowest BCUT2D eigenvalue weighted by Crippen LogP contribution is -2.34. The fraction of sp³-hybridized carbons (Fsp3) is 0.385. The largest absolute Gasteiger partial charge is 0.400 e. The highest BCUT2D eigenvalue weighted by Crippen LogP contribution is 2.16. The molecule has 0 aliphatic carbocycles. The van der Waals surface area contributed by atoms with Crippen LogP contribution in [0.15, 0.2) is 66.3 Å². The van der Waals surface area contributed by atoms with Gasteiger partial charge in [-0.25, -0.2) is 0 Å². The predicted molar refractivity (Wildman–Crippen MR) is 131 cm³/mol. The summed E-state index contributed by atoms with van der Waals surface area (Å²) in [7, 11) is 1.00. The van der Waals surface area contributed by atoms with Gasteiger partial charge in [0.2, 0.25) is 0 Å². The summed E-state index contributed by atoms with van der Waals surface area (Å²) in [6.45, 7) is 8.33. The van der Waals surface area contributed by atoms with Crippen LogP contribution in [0.2, 0.25) is 0 Å². The zero-order valence-corrected chi connectivity index (χ0v) is 19.1. The van der Waals surface area contributed by atoms with E-state index in [-0.39, 0.29) is 11.9 Å². The molecule has 1 atom stereocenters. The lowest BCUT2D eigenvalue weighted by molar-refractivity contribution is 0.0934. The summed E-state index contributed by atoms with van der Waals surface area (Å²) in [6.07, 6.45) is 11.3. The number of allylic oxidation sites excluding steroid dienone is 4. The molecule has 30 heavy (non-hydrogen) atoms. The first-order valence-corrected chi connectivity index (χ1v) is 10.6. The molecule has 2 rings (SSSR count). The van der Waals surface area contributed by atoms with E-state index in [4.69, 9.17) is 10.5 Å². The molecule has 164 valence electrons. The van der Waals surface area contributed by atoms with Gasteiger partial charge in [0.1, 0.15) is 0 Å². The maximum absolute atomic E-state index is 12.2. The van der Waals surface area contributed by atoms with Gasteiger partial charge < -0.3 is 15.8 Å². The average molecular weight is 411 g/mol. The van der Waals surface area contributed by atoms with E-state index in [9.17, 15) is 4.79 Å². The normalized spacial score (nSPS) is 11.7. The van der Waals surface area contributed by atoms with Crippen LogP contribution in [0.25, 0.3) is 10.8 Å². The smallest absolute Gasteiger partial charge is 0.251 e. The standard InChI is InChI=1S/C17H21NO.C8H13N.CH4O/c1-3-7-16(4-2)18-17(19)15-11-10-13-8-5-6-9-14(13)12-15;1-3-4-5-8(2)6-7-9;1-2/h5-6,8-12,16H,3-4,7H2,1-2H3,(H,18,19);4-7,9H,3H2,1-2H3;2H,1H3/b;5-4+,8-6-,9-7?;. The summed E-state index contributed by atoms with van der Waals surface area (Å²) in [4.78, 5) is 12.2. The van der Waals surface area contributed by atoms with E-state index in [0.717, 1.165) is 49.3 Å². The molecule has 0 aromatic heterocycles. The predicted octanol–water partition coefficient (Wildman–Crippen LogP) is 6.31. The minimum Gasteiger partial charge on any atom is -0.400 e. The first-order chi connectivity index (χ1) is 14.5. The van der Waals surface area contributed by atoms with E-state index < -0.39 is 0 Å². The van der Waals surface area contributed by atoms with E-state index in [1.54, 1.807) is 6.08 Å². The number of aliphatic hydroxyl groups is 1. The molecule has 0 saturated carbocycles. The number of carbonyl (C=O) groups excluding carboxylic acids is 1. The Morgan fingerprint density at radius 1 is 1.10 bits per heavy atom. The Bertz CT molecular complexity index is 810. The van der Waals surface area contributed by atoms with Gasteiger partial charge in [0.25, 0.3) is 5.91 Å². The van der Waals surface area contributed by atoms with E-state index in [2.05, 4.69) is 38.2 Å². The summed E-state index contributed by atoms with van der Waals surface area (Å²) in [5.74, 6) is 0.0334. The van der Waals surface area contributed by atoms with Crippen molar-refractivity contribution in [2.75, 3.05) is 7.11 Å². The summed E-state index contributed by atoms with van der Waals surface area (Å²) >= 11 is 0. The highest BCUT2D eigenvalue weighted by molar-refractivity contribution is 5.98. The Kier molecular flexibility index (Phi) is 15.6. The second kappa shape index (κ2) is 17.2. The lowest BCUT2D eigenvalue weighted by atomic mass is 10.1. The van der Waals surface area contributed by atoms with Crippen LogP contribution in [0.1, 0.15) is 63.7 Å². The van der Waals surface area contributed by atoms with Gasteiger partial charge in [-0.05, 0) is 60.7 Å². The fourth-order valence-corrected chi connectivity index (χ4v) is 2.82. The number of benzene rings is 2. The van der Waals surface area contributed by atoms with Crippen molar-refractivity contribution in [1.82, 2.24) is 5.32 Å². The van der Waals surface area contributed by atoms with Crippen LogP contribution in [-0.2, 0) is 0 Å². The summed E-state index contributed by atoms with van der Waals surface area (Å²) in [6, 6.07) is 14.2. The topological polar surface area (TPSA) is 73.2 Å². The Morgan fingerprint density at radius 3 is 2.33 bits per heavy atom. The third-order valence-corrected chi connectivity index (χ3v) is 4.44. The maximum Gasteiger partial charge on any atom is 0.251 e. The average Bonchev–Trinajstić information content (AvgIpc) is 2.79. The van der Waals surface area contributed by atoms with Crippen LogP contribution in [0.4, 0.5) is 0 Å². The molecule has 4 nitrogen and oxygen atoms in total. The number of nitrogens with one attached hydrogen (secondary N) is 2. The van der Waals surface area contributed by atoms with Gasteiger partial charge in [0, 0.05) is 24.9 Å². The van der Waals surface area contributed by atoms with Crippen molar-refractivity contribution in [2.24, 2.45) is 0 Å².